The first-order valence-electron chi connectivity index (χ1n) is 4.95. The van der Waals surface area contributed by atoms with Gasteiger partial charge >= 0.3 is 0 Å². The second kappa shape index (κ2) is 4.24. The summed E-state index contributed by atoms with van der Waals surface area (Å²) in [7, 11) is 0. The van der Waals surface area contributed by atoms with E-state index in [9.17, 15) is 0 Å². The van der Waals surface area contributed by atoms with E-state index in [0.717, 1.165) is 25.2 Å². The highest BCUT2D eigenvalue weighted by molar-refractivity contribution is 5.39. The summed E-state index contributed by atoms with van der Waals surface area (Å²) in [5, 5.41) is 17.7. The number of rotatable bonds is 2. The molecule has 0 bridgehead atoms. The lowest BCUT2D eigenvalue weighted by molar-refractivity contribution is 0.266. The fourth-order valence-electron chi connectivity index (χ4n) is 1.85. The van der Waals surface area contributed by atoms with Crippen molar-refractivity contribution >= 4 is 5.82 Å². The molecule has 1 N–H and O–H groups in total. The Hall–Kier alpha value is -1.67. The molecular formula is C10H12N4O. The third kappa shape index (κ3) is 1.90. The molecular weight excluding hydrogens is 192 g/mol. The molecule has 1 saturated heterocycles. The summed E-state index contributed by atoms with van der Waals surface area (Å²) in [5.41, 5.74) is 0.318. The Bertz CT molecular complexity index is 370. The Labute approximate surface area is 88.0 Å². The molecule has 1 atom stereocenters. The van der Waals surface area contributed by atoms with Crippen LogP contribution in [-0.2, 0) is 0 Å². The van der Waals surface area contributed by atoms with Crippen molar-refractivity contribution < 1.29 is 5.11 Å². The monoisotopic (exact) mass is 204 g/mol. The van der Waals surface area contributed by atoms with Gasteiger partial charge < -0.3 is 10.0 Å². The van der Waals surface area contributed by atoms with E-state index in [2.05, 4.69) is 9.97 Å². The van der Waals surface area contributed by atoms with Crippen LogP contribution in [0.15, 0.2) is 12.4 Å². The number of nitriles is 1. The third-order valence-corrected chi connectivity index (χ3v) is 2.63. The quantitative estimate of drug-likeness (QED) is 0.750. The summed E-state index contributed by atoms with van der Waals surface area (Å²) in [6, 6.07) is 2.07. The second-order valence-electron chi connectivity index (χ2n) is 3.54. The van der Waals surface area contributed by atoms with Gasteiger partial charge in [-0.1, -0.05) is 0 Å². The van der Waals surface area contributed by atoms with E-state index in [0.29, 0.717) is 5.69 Å². The third-order valence-electron chi connectivity index (χ3n) is 2.63. The lowest BCUT2D eigenvalue weighted by Gasteiger charge is -2.23. The number of aromatic nitrogens is 2. The molecule has 1 aromatic heterocycles. The maximum Gasteiger partial charge on any atom is 0.158 e. The average Bonchev–Trinajstić information content (AvgIpc) is 2.77. The summed E-state index contributed by atoms with van der Waals surface area (Å²) in [6.07, 6.45) is 5.10. The molecule has 0 radical (unpaired) electrons. The van der Waals surface area contributed by atoms with Crippen LogP contribution in [0.3, 0.4) is 0 Å². The average molecular weight is 204 g/mol. The molecule has 0 unspecified atom stereocenters. The van der Waals surface area contributed by atoms with Crippen LogP contribution in [0.4, 0.5) is 5.82 Å². The van der Waals surface area contributed by atoms with E-state index >= 15 is 0 Å². The van der Waals surface area contributed by atoms with Gasteiger partial charge in [0.15, 0.2) is 5.69 Å². The number of hydrogen-bond acceptors (Lipinski definition) is 5. The minimum absolute atomic E-state index is 0.141. The van der Waals surface area contributed by atoms with Gasteiger partial charge in [0.1, 0.15) is 11.9 Å². The van der Waals surface area contributed by atoms with Crippen LogP contribution in [0.25, 0.3) is 0 Å². The van der Waals surface area contributed by atoms with E-state index in [-0.39, 0.29) is 12.6 Å². The highest BCUT2D eigenvalue weighted by Gasteiger charge is 2.24. The van der Waals surface area contributed by atoms with Gasteiger partial charge in [-0.05, 0) is 12.8 Å². The van der Waals surface area contributed by atoms with Gasteiger partial charge in [-0.15, -0.1) is 0 Å². The van der Waals surface area contributed by atoms with Crippen molar-refractivity contribution in [1.29, 1.82) is 5.26 Å². The van der Waals surface area contributed by atoms with Gasteiger partial charge in [-0.2, -0.15) is 5.26 Å². The highest BCUT2D eigenvalue weighted by atomic mass is 16.3. The normalized spacial score (nSPS) is 20.3. The van der Waals surface area contributed by atoms with Gasteiger partial charge in [0.2, 0.25) is 0 Å². The molecule has 0 amide bonds. The smallest absolute Gasteiger partial charge is 0.158 e. The van der Waals surface area contributed by atoms with Gasteiger partial charge in [0.25, 0.3) is 0 Å². The molecule has 78 valence electrons. The predicted molar refractivity (Wildman–Crippen MR) is 54.2 cm³/mol. The molecule has 0 aromatic carbocycles. The minimum atomic E-state index is 0.141. The predicted octanol–water partition coefficient (Wildman–Crippen LogP) is 0.309. The zero-order valence-electron chi connectivity index (χ0n) is 8.30. The van der Waals surface area contributed by atoms with E-state index in [1.54, 1.807) is 6.20 Å². The number of aliphatic hydroxyl groups excluding tert-OH is 1. The standard InChI is InChI=1S/C10H12N4O/c11-4-8-5-13-10(6-12-8)14-3-1-2-9(14)7-15/h5-6,9,15H,1-3,7H2/t9-/m1/s1. The largest absolute Gasteiger partial charge is 0.394 e. The molecule has 1 aromatic rings. The zero-order chi connectivity index (χ0) is 10.7. The fraction of sp³-hybridized carbons (Fsp3) is 0.500. The maximum atomic E-state index is 9.16. The van der Waals surface area contributed by atoms with Crippen LogP contribution in [0.2, 0.25) is 0 Å². The SMILES string of the molecule is N#Cc1cnc(N2CCC[C@@H]2CO)cn1. The molecule has 15 heavy (non-hydrogen) atoms. The van der Waals surface area contributed by atoms with Crippen molar-refractivity contribution in [1.82, 2.24) is 9.97 Å². The van der Waals surface area contributed by atoms with Crippen LogP contribution >= 0.6 is 0 Å². The minimum Gasteiger partial charge on any atom is -0.394 e. The van der Waals surface area contributed by atoms with Crippen LogP contribution in [0.5, 0.6) is 0 Å². The van der Waals surface area contributed by atoms with Gasteiger partial charge in [-0.3, -0.25) is 0 Å². The molecule has 1 aliphatic heterocycles. The number of nitrogens with zero attached hydrogens (tertiary/aromatic N) is 4. The van der Waals surface area contributed by atoms with Crippen LogP contribution in [0, 0.1) is 11.3 Å². The lowest BCUT2D eigenvalue weighted by atomic mass is 10.2. The lowest BCUT2D eigenvalue weighted by Crippen LogP contribution is -2.32. The Morgan fingerprint density at radius 3 is 3.00 bits per heavy atom. The Balaban J connectivity index is 2.19. The van der Waals surface area contributed by atoms with Crippen molar-refractivity contribution in [2.24, 2.45) is 0 Å². The van der Waals surface area contributed by atoms with E-state index < -0.39 is 0 Å². The van der Waals surface area contributed by atoms with Crippen molar-refractivity contribution in [2.75, 3.05) is 18.1 Å². The number of aliphatic hydroxyl groups is 1. The fourth-order valence-corrected chi connectivity index (χ4v) is 1.85. The summed E-state index contributed by atoms with van der Waals surface area (Å²) >= 11 is 0. The topological polar surface area (TPSA) is 73.0 Å². The molecule has 0 saturated carbocycles. The molecule has 1 aliphatic rings. The molecule has 2 heterocycles. The van der Waals surface area contributed by atoms with Crippen molar-refractivity contribution in [3.63, 3.8) is 0 Å². The number of anilines is 1. The molecule has 1 fully saturated rings. The van der Waals surface area contributed by atoms with Gasteiger partial charge in [0.05, 0.1) is 25.0 Å². The van der Waals surface area contributed by atoms with Crippen molar-refractivity contribution in [3.8, 4) is 6.07 Å². The first-order valence-corrected chi connectivity index (χ1v) is 4.95. The molecule has 0 spiro atoms. The highest BCUT2D eigenvalue weighted by Crippen LogP contribution is 2.22. The Morgan fingerprint density at radius 1 is 1.53 bits per heavy atom. The van der Waals surface area contributed by atoms with Crippen LogP contribution in [-0.4, -0.2) is 34.3 Å². The van der Waals surface area contributed by atoms with Gasteiger partial charge in [-0.25, -0.2) is 9.97 Å². The van der Waals surface area contributed by atoms with Crippen LogP contribution < -0.4 is 4.90 Å². The van der Waals surface area contributed by atoms with Crippen molar-refractivity contribution in [2.45, 2.75) is 18.9 Å². The van der Waals surface area contributed by atoms with E-state index in [1.165, 1.54) is 6.20 Å². The molecule has 5 nitrogen and oxygen atoms in total. The second-order valence-corrected chi connectivity index (χ2v) is 3.54. The molecule has 5 heteroatoms. The summed E-state index contributed by atoms with van der Waals surface area (Å²) in [6.45, 7) is 1.04. The van der Waals surface area contributed by atoms with E-state index in [1.807, 2.05) is 11.0 Å². The first-order chi connectivity index (χ1) is 7.35. The number of hydrogen-bond donors (Lipinski definition) is 1. The Kier molecular flexibility index (Phi) is 2.79. The maximum absolute atomic E-state index is 9.16. The first kappa shape index (κ1) is 9.87. The zero-order valence-corrected chi connectivity index (χ0v) is 8.30. The van der Waals surface area contributed by atoms with Gasteiger partial charge in [0, 0.05) is 6.54 Å². The van der Waals surface area contributed by atoms with Crippen molar-refractivity contribution in [3.05, 3.63) is 18.1 Å². The van der Waals surface area contributed by atoms with Crippen LogP contribution in [0.1, 0.15) is 18.5 Å². The summed E-state index contributed by atoms with van der Waals surface area (Å²) < 4.78 is 0. The summed E-state index contributed by atoms with van der Waals surface area (Å²) in [4.78, 5) is 10.2. The summed E-state index contributed by atoms with van der Waals surface area (Å²) in [5.74, 6) is 0.741. The molecule has 0 aliphatic carbocycles. The van der Waals surface area contributed by atoms with E-state index in [4.69, 9.17) is 10.4 Å². The molecule has 2 rings (SSSR count). The Morgan fingerprint density at radius 2 is 2.40 bits per heavy atom.